The molecule has 5 nitrogen and oxygen atoms in total. The van der Waals surface area contributed by atoms with Crippen molar-refractivity contribution in [1.29, 1.82) is 0 Å². The molecule has 3 rings (SSSR count). The number of pyridine rings is 2. The van der Waals surface area contributed by atoms with E-state index in [-0.39, 0.29) is 5.91 Å². The number of amides is 1. The van der Waals surface area contributed by atoms with Crippen LogP contribution in [0.15, 0.2) is 67.1 Å². The number of hydrogen-bond acceptors (Lipinski definition) is 4. The molecule has 1 aromatic carbocycles. The number of carbonyl (C=O) groups is 1. The number of nitrogens with one attached hydrogen (secondary N) is 1. The quantitative estimate of drug-likeness (QED) is 0.802. The minimum atomic E-state index is -0.236. The Bertz CT molecular complexity index is 802. The van der Waals surface area contributed by atoms with Gasteiger partial charge in [0.1, 0.15) is 11.6 Å². The zero-order chi connectivity index (χ0) is 16.1. The molecule has 0 aliphatic heterocycles. The Hall–Kier alpha value is -3.21. The molecule has 0 fully saturated rings. The normalized spacial score (nSPS) is 10.1. The molecule has 5 heteroatoms. The summed E-state index contributed by atoms with van der Waals surface area (Å²) in [5, 5.41) is 2.74. The summed E-state index contributed by atoms with van der Waals surface area (Å²) in [5.41, 5.74) is 2.44. The molecule has 0 atom stereocenters. The zero-order valence-corrected chi connectivity index (χ0v) is 12.6. The molecule has 1 amide bonds. The van der Waals surface area contributed by atoms with Gasteiger partial charge in [0.05, 0.1) is 12.7 Å². The molecule has 0 spiro atoms. The van der Waals surface area contributed by atoms with Crippen molar-refractivity contribution in [3.8, 4) is 16.9 Å². The van der Waals surface area contributed by atoms with Gasteiger partial charge in [0.15, 0.2) is 0 Å². The van der Waals surface area contributed by atoms with Crippen molar-refractivity contribution in [2.45, 2.75) is 0 Å². The number of anilines is 1. The monoisotopic (exact) mass is 305 g/mol. The second-order valence-corrected chi connectivity index (χ2v) is 4.86. The molecular formula is C18H15N3O2. The lowest BCUT2D eigenvalue weighted by molar-refractivity contribution is 0.102. The van der Waals surface area contributed by atoms with Gasteiger partial charge in [0.2, 0.25) is 0 Å². The summed E-state index contributed by atoms with van der Waals surface area (Å²) in [6.45, 7) is 0. The first-order valence-corrected chi connectivity index (χ1v) is 7.08. The van der Waals surface area contributed by atoms with Gasteiger partial charge in [-0.3, -0.25) is 9.78 Å². The van der Waals surface area contributed by atoms with Crippen molar-refractivity contribution in [2.24, 2.45) is 0 Å². The summed E-state index contributed by atoms with van der Waals surface area (Å²) in [4.78, 5) is 20.3. The van der Waals surface area contributed by atoms with Gasteiger partial charge in [0.25, 0.3) is 5.91 Å². The Balaban J connectivity index is 1.75. The Morgan fingerprint density at radius 2 is 1.96 bits per heavy atom. The van der Waals surface area contributed by atoms with E-state index in [1.54, 1.807) is 37.7 Å². The molecule has 2 heterocycles. The second-order valence-electron chi connectivity index (χ2n) is 4.86. The van der Waals surface area contributed by atoms with E-state index >= 15 is 0 Å². The largest absolute Gasteiger partial charge is 0.497 e. The predicted octanol–water partition coefficient (Wildman–Crippen LogP) is 3.40. The van der Waals surface area contributed by atoms with E-state index in [2.05, 4.69) is 15.3 Å². The first-order valence-electron chi connectivity index (χ1n) is 7.08. The topological polar surface area (TPSA) is 64.1 Å². The van der Waals surface area contributed by atoms with Gasteiger partial charge in [-0.1, -0.05) is 12.1 Å². The first kappa shape index (κ1) is 14.7. The lowest BCUT2D eigenvalue weighted by atomic mass is 10.1. The predicted molar refractivity (Wildman–Crippen MR) is 88.4 cm³/mol. The lowest BCUT2D eigenvalue weighted by Gasteiger charge is -2.07. The van der Waals surface area contributed by atoms with Gasteiger partial charge >= 0.3 is 0 Å². The third kappa shape index (κ3) is 3.52. The summed E-state index contributed by atoms with van der Waals surface area (Å²) in [6.07, 6.45) is 4.85. The number of aromatic nitrogens is 2. The third-order valence-corrected chi connectivity index (χ3v) is 3.33. The Morgan fingerprint density at radius 3 is 2.65 bits per heavy atom. The van der Waals surface area contributed by atoms with Crippen LogP contribution in [0.4, 0.5) is 5.82 Å². The van der Waals surface area contributed by atoms with E-state index in [9.17, 15) is 4.79 Å². The molecule has 0 aliphatic carbocycles. The average molecular weight is 305 g/mol. The van der Waals surface area contributed by atoms with E-state index in [0.717, 1.165) is 16.9 Å². The van der Waals surface area contributed by atoms with Crippen molar-refractivity contribution in [3.05, 3.63) is 72.7 Å². The third-order valence-electron chi connectivity index (χ3n) is 3.33. The van der Waals surface area contributed by atoms with Crippen molar-refractivity contribution in [2.75, 3.05) is 12.4 Å². The average Bonchev–Trinajstić information content (AvgIpc) is 2.63. The van der Waals surface area contributed by atoms with Crippen LogP contribution >= 0.6 is 0 Å². The van der Waals surface area contributed by atoms with Crippen LogP contribution in [0.25, 0.3) is 11.1 Å². The van der Waals surface area contributed by atoms with Gasteiger partial charge in [-0.2, -0.15) is 0 Å². The fraction of sp³-hybridized carbons (Fsp3) is 0.0556. The molecule has 0 bridgehead atoms. The van der Waals surface area contributed by atoms with E-state index < -0.39 is 0 Å². The van der Waals surface area contributed by atoms with E-state index in [1.807, 2.05) is 30.3 Å². The Labute approximate surface area is 134 Å². The van der Waals surface area contributed by atoms with Crippen molar-refractivity contribution in [3.63, 3.8) is 0 Å². The maximum atomic E-state index is 12.0. The summed E-state index contributed by atoms with van der Waals surface area (Å²) >= 11 is 0. The van der Waals surface area contributed by atoms with Crippen LogP contribution in [0.5, 0.6) is 5.75 Å². The van der Waals surface area contributed by atoms with Crippen LogP contribution < -0.4 is 10.1 Å². The summed E-state index contributed by atoms with van der Waals surface area (Å²) in [6, 6.07) is 14.8. The number of benzene rings is 1. The molecule has 1 N–H and O–H groups in total. The number of rotatable bonds is 4. The van der Waals surface area contributed by atoms with Crippen molar-refractivity contribution >= 4 is 11.7 Å². The maximum Gasteiger partial charge on any atom is 0.258 e. The van der Waals surface area contributed by atoms with E-state index in [1.165, 1.54) is 6.20 Å². The SMILES string of the molecule is COc1cccc(-c2ccc(NC(=O)c3cccnc3)nc2)c1. The van der Waals surface area contributed by atoms with Crippen LogP contribution in [0.1, 0.15) is 10.4 Å². The number of hydrogen-bond donors (Lipinski definition) is 1. The number of ether oxygens (including phenoxy) is 1. The fourth-order valence-corrected chi connectivity index (χ4v) is 2.13. The Kier molecular flexibility index (Phi) is 4.29. The number of nitrogens with zero attached hydrogens (tertiary/aromatic N) is 2. The molecule has 0 aliphatic rings. The summed E-state index contributed by atoms with van der Waals surface area (Å²) in [5.74, 6) is 1.04. The number of carbonyl (C=O) groups excluding carboxylic acids is 1. The van der Waals surface area contributed by atoms with Crippen molar-refractivity contribution < 1.29 is 9.53 Å². The number of methoxy groups -OCH3 is 1. The molecule has 0 saturated carbocycles. The summed E-state index contributed by atoms with van der Waals surface area (Å²) in [7, 11) is 1.63. The minimum absolute atomic E-state index is 0.236. The molecule has 23 heavy (non-hydrogen) atoms. The standard InChI is InChI=1S/C18H15N3O2/c1-23-16-6-2-4-13(10-16)14-7-8-17(20-12-14)21-18(22)15-5-3-9-19-11-15/h2-12H,1H3,(H,20,21,22). The van der Waals surface area contributed by atoms with Gasteiger partial charge in [-0.05, 0) is 42.0 Å². The van der Waals surface area contributed by atoms with E-state index in [4.69, 9.17) is 4.74 Å². The molecular weight excluding hydrogens is 290 g/mol. The minimum Gasteiger partial charge on any atom is -0.497 e. The van der Waals surface area contributed by atoms with Gasteiger partial charge in [-0.15, -0.1) is 0 Å². The molecule has 114 valence electrons. The van der Waals surface area contributed by atoms with Gasteiger partial charge < -0.3 is 10.1 Å². The van der Waals surface area contributed by atoms with Crippen LogP contribution in [-0.2, 0) is 0 Å². The highest BCUT2D eigenvalue weighted by molar-refractivity contribution is 6.03. The molecule has 0 saturated heterocycles. The van der Waals surface area contributed by atoms with Gasteiger partial charge in [0, 0.05) is 24.2 Å². The molecule has 3 aromatic rings. The van der Waals surface area contributed by atoms with E-state index in [0.29, 0.717) is 11.4 Å². The summed E-state index contributed by atoms with van der Waals surface area (Å²) < 4.78 is 5.22. The van der Waals surface area contributed by atoms with Crippen LogP contribution in [0, 0.1) is 0 Å². The first-order chi connectivity index (χ1) is 11.3. The second kappa shape index (κ2) is 6.70. The molecule has 0 unspecified atom stereocenters. The van der Waals surface area contributed by atoms with Crippen LogP contribution in [-0.4, -0.2) is 23.0 Å². The maximum absolute atomic E-state index is 12.0. The molecule has 2 aromatic heterocycles. The van der Waals surface area contributed by atoms with Gasteiger partial charge in [-0.25, -0.2) is 4.98 Å². The molecule has 0 radical (unpaired) electrons. The fourth-order valence-electron chi connectivity index (χ4n) is 2.13. The smallest absolute Gasteiger partial charge is 0.258 e. The van der Waals surface area contributed by atoms with Crippen LogP contribution in [0.2, 0.25) is 0 Å². The lowest BCUT2D eigenvalue weighted by Crippen LogP contribution is -2.12. The Morgan fingerprint density at radius 1 is 1.04 bits per heavy atom. The zero-order valence-electron chi connectivity index (χ0n) is 12.6. The van der Waals surface area contributed by atoms with Crippen LogP contribution in [0.3, 0.4) is 0 Å². The highest BCUT2D eigenvalue weighted by atomic mass is 16.5. The van der Waals surface area contributed by atoms with Crippen molar-refractivity contribution in [1.82, 2.24) is 9.97 Å². The highest BCUT2D eigenvalue weighted by Gasteiger charge is 2.07. The highest BCUT2D eigenvalue weighted by Crippen LogP contribution is 2.23.